The Morgan fingerprint density at radius 3 is 2.50 bits per heavy atom. The van der Waals surface area contributed by atoms with Crippen LogP contribution in [0.15, 0.2) is 49.0 Å². The van der Waals surface area contributed by atoms with E-state index < -0.39 is 0 Å². The lowest BCUT2D eigenvalue weighted by atomic mass is 10.0. The van der Waals surface area contributed by atoms with Gasteiger partial charge in [0, 0.05) is 0 Å². The Kier molecular flexibility index (Phi) is 2.77. The van der Waals surface area contributed by atoms with Crippen LogP contribution < -0.4 is 9.47 Å². The second kappa shape index (κ2) is 4.57. The van der Waals surface area contributed by atoms with E-state index in [1.54, 1.807) is 0 Å². The summed E-state index contributed by atoms with van der Waals surface area (Å²) in [5.41, 5.74) is 3.40. The van der Waals surface area contributed by atoms with Crippen LogP contribution in [0.25, 0.3) is 17.2 Å². The quantitative estimate of drug-likeness (QED) is 0.793. The van der Waals surface area contributed by atoms with Crippen molar-refractivity contribution in [3.63, 3.8) is 0 Å². The third-order valence-electron chi connectivity index (χ3n) is 3.00. The van der Waals surface area contributed by atoms with Gasteiger partial charge in [0.15, 0.2) is 11.5 Å². The molecule has 0 aromatic heterocycles. The fraction of sp³-hybridized carbons (Fsp3) is 0.125. The molecule has 0 fully saturated rings. The van der Waals surface area contributed by atoms with Crippen LogP contribution in [-0.4, -0.2) is 13.2 Å². The molecule has 2 heteroatoms. The van der Waals surface area contributed by atoms with Gasteiger partial charge in [0.1, 0.15) is 13.2 Å². The zero-order valence-electron chi connectivity index (χ0n) is 10.1. The number of hydrogen-bond donors (Lipinski definition) is 0. The molecule has 0 N–H and O–H groups in total. The van der Waals surface area contributed by atoms with Gasteiger partial charge < -0.3 is 9.47 Å². The largest absolute Gasteiger partial charge is 0.486 e. The van der Waals surface area contributed by atoms with Crippen molar-refractivity contribution in [2.45, 2.75) is 0 Å². The van der Waals surface area contributed by atoms with Gasteiger partial charge in [0.25, 0.3) is 0 Å². The zero-order valence-corrected chi connectivity index (χ0v) is 10.1. The van der Waals surface area contributed by atoms with Crippen molar-refractivity contribution >= 4 is 6.08 Å². The molecule has 0 atom stereocenters. The molecule has 0 spiro atoms. The topological polar surface area (TPSA) is 18.5 Å². The molecule has 1 aliphatic rings. The molecule has 1 aliphatic heterocycles. The Morgan fingerprint density at radius 2 is 1.67 bits per heavy atom. The molecule has 0 unspecified atom stereocenters. The molecule has 0 bridgehead atoms. The fourth-order valence-corrected chi connectivity index (χ4v) is 2.07. The highest BCUT2D eigenvalue weighted by Crippen LogP contribution is 2.34. The van der Waals surface area contributed by atoms with Gasteiger partial charge in [-0.2, -0.15) is 0 Å². The Hall–Kier alpha value is -2.22. The monoisotopic (exact) mass is 238 g/mol. The van der Waals surface area contributed by atoms with Gasteiger partial charge in [-0.15, -0.1) is 0 Å². The van der Waals surface area contributed by atoms with Crippen molar-refractivity contribution < 1.29 is 9.47 Å². The highest BCUT2D eigenvalue weighted by molar-refractivity contribution is 5.70. The van der Waals surface area contributed by atoms with E-state index in [0.29, 0.717) is 13.2 Å². The van der Waals surface area contributed by atoms with Crippen LogP contribution in [0.3, 0.4) is 0 Å². The van der Waals surface area contributed by atoms with E-state index in [9.17, 15) is 0 Å². The maximum absolute atomic E-state index is 5.60. The molecule has 18 heavy (non-hydrogen) atoms. The Bertz CT molecular complexity index is 587. The molecule has 0 saturated carbocycles. The number of ether oxygens (including phenoxy) is 2. The summed E-state index contributed by atoms with van der Waals surface area (Å²) in [6.07, 6.45) is 1.85. The van der Waals surface area contributed by atoms with Gasteiger partial charge >= 0.3 is 0 Å². The Balaban J connectivity index is 2.03. The minimum atomic E-state index is 0.614. The first-order chi connectivity index (χ1) is 8.86. The van der Waals surface area contributed by atoms with Gasteiger partial charge in [-0.1, -0.05) is 36.9 Å². The van der Waals surface area contributed by atoms with Crippen LogP contribution in [0.4, 0.5) is 0 Å². The summed E-state index contributed by atoms with van der Waals surface area (Å²) in [5.74, 6) is 1.65. The van der Waals surface area contributed by atoms with Crippen LogP contribution in [0.5, 0.6) is 11.5 Å². The maximum Gasteiger partial charge on any atom is 0.161 e. The predicted octanol–water partition coefficient (Wildman–Crippen LogP) is 3.77. The fourth-order valence-electron chi connectivity index (χ4n) is 2.07. The molecule has 90 valence electrons. The summed E-state index contributed by atoms with van der Waals surface area (Å²) in [7, 11) is 0. The summed E-state index contributed by atoms with van der Waals surface area (Å²) < 4.78 is 11.1. The molecule has 0 aliphatic carbocycles. The molecule has 2 nitrogen and oxygen atoms in total. The van der Waals surface area contributed by atoms with E-state index in [4.69, 9.17) is 9.47 Å². The standard InChI is InChI=1S/C16H14O2/c1-2-12-4-3-5-13(10-12)14-6-7-15-16(11-14)18-9-8-17-15/h2-7,10-11H,1,8-9H2. The minimum Gasteiger partial charge on any atom is -0.486 e. The summed E-state index contributed by atoms with van der Waals surface area (Å²) in [6, 6.07) is 14.3. The van der Waals surface area contributed by atoms with E-state index in [1.165, 1.54) is 0 Å². The second-order valence-corrected chi connectivity index (χ2v) is 4.19. The molecule has 1 heterocycles. The van der Waals surface area contributed by atoms with E-state index >= 15 is 0 Å². The van der Waals surface area contributed by atoms with E-state index in [1.807, 2.05) is 30.3 Å². The van der Waals surface area contributed by atoms with Gasteiger partial charge in [-0.05, 0) is 34.9 Å². The molecule has 3 rings (SSSR count). The van der Waals surface area contributed by atoms with Crippen LogP contribution in [0.1, 0.15) is 5.56 Å². The number of rotatable bonds is 2. The predicted molar refractivity (Wildman–Crippen MR) is 73.0 cm³/mol. The Morgan fingerprint density at radius 1 is 0.889 bits per heavy atom. The highest BCUT2D eigenvalue weighted by atomic mass is 16.6. The third kappa shape index (κ3) is 1.97. The lowest BCUT2D eigenvalue weighted by Crippen LogP contribution is -2.15. The average molecular weight is 238 g/mol. The van der Waals surface area contributed by atoms with Crippen molar-refractivity contribution in [1.82, 2.24) is 0 Å². The molecule has 0 saturated heterocycles. The van der Waals surface area contributed by atoms with E-state index in [-0.39, 0.29) is 0 Å². The molecular weight excluding hydrogens is 224 g/mol. The van der Waals surface area contributed by atoms with Crippen LogP contribution in [-0.2, 0) is 0 Å². The molecular formula is C16H14O2. The van der Waals surface area contributed by atoms with Crippen molar-refractivity contribution in [1.29, 1.82) is 0 Å². The van der Waals surface area contributed by atoms with Gasteiger partial charge in [0.2, 0.25) is 0 Å². The minimum absolute atomic E-state index is 0.614. The van der Waals surface area contributed by atoms with Crippen molar-refractivity contribution in [2.75, 3.05) is 13.2 Å². The molecule has 0 radical (unpaired) electrons. The number of benzene rings is 2. The van der Waals surface area contributed by atoms with E-state index in [2.05, 4.69) is 24.8 Å². The van der Waals surface area contributed by atoms with Gasteiger partial charge in [-0.3, -0.25) is 0 Å². The smallest absolute Gasteiger partial charge is 0.161 e. The highest BCUT2D eigenvalue weighted by Gasteiger charge is 2.12. The Labute approximate surface area is 106 Å². The first kappa shape index (κ1) is 10.9. The molecule has 2 aromatic carbocycles. The van der Waals surface area contributed by atoms with Crippen LogP contribution in [0, 0.1) is 0 Å². The van der Waals surface area contributed by atoms with Crippen LogP contribution in [0.2, 0.25) is 0 Å². The SMILES string of the molecule is C=Cc1cccc(-c2ccc3c(c2)OCCO3)c1. The number of hydrogen-bond acceptors (Lipinski definition) is 2. The zero-order chi connectivity index (χ0) is 12.4. The second-order valence-electron chi connectivity index (χ2n) is 4.19. The summed E-state index contributed by atoms with van der Waals surface area (Å²) in [6.45, 7) is 5.03. The third-order valence-corrected chi connectivity index (χ3v) is 3.00. The van der Waals surface area contributed by atoms with E-state index in [0.717, 1.165) is 28.2 Å². The normalized spacial score (nSPS) is 13.1. The summed E-state index contributed by atoms with van der Waals surface area (Å²) in [4.78, 5) is 0. The first-order valence-electron chi connectivity index (χ1n) is 5.99. The van der Waals surface area contributed by atoms with Crippen molar-refractivity contribution in [2.24, 2.45) is 0 Å². The summed E-state index contributed by atoms with van der Waals surface area (Å²) in [5, 5.41) is 0. The van der Waals surface area contributed by atoms with Crippen LogP contribution >= 0.6 is 0 Å². The number of fused-ring (bicyclic) bond motifs is 1. The summed E-state index contributed by atoms with van der Waals surface area (Å²) >= 11 is 0. The lowest BCUT2D eigenvalue weighted by Gasteiger charge is -2.19. The average Bonchev–Trinajstić information content (AvgIpc) is 2.47. The molecule has 0 amide bonds. The van der Waals surface area contributed by atoms with Gasteiger partial charge in [-0.25, -0.2) is 0 Å². The lowest BCUT2D eigenvalue weighted by molar-refractivity contribution is 0.171. The van der Waals surface area contributed by atoms with Gasteiger partial charge in [0.05, 0.1) is 0 Å². The molecule has 2 aromatic rings. The van der Waals surface area contributed by atoms with Crippen molar-refractivity contribution in [3.05, 3.63) is 54.6 Å². The first-order valence-corrected chi connectivity index (χ1v) is 5.99. The van der Waals surface area contributed by atoms with Crippen molar-refractivity contribution in [3.8, 4) is 22.6 Å². The maximum atomic E-state index is 5.60.